The lowest BCUT2D eigenvalue weighted by Gasteiger charge is -2.39. The van der Waals surface area contributed by atoms with Crippen LogP contribution in [0, 0.1) is 11.3 Å². The van der Waals surface area contributed by atoms with Crippen LogP contribution in [0.4, 0.5) is 0 Å². The molecule has 1 fully saturated rings. The second kappa shape index (κ2) is 7.08. The van der Waals surface area contributed by atoms with Crippen molar-refractivity contribution < 1.29 is 0 Å². The van der Waals surface area contributed by atoms with Gasteiger partial charge in [-0.2, -0.15) is 0 Å². The highest BCUT2D eigenvalue weighted by atomic mass is 15.1. The predicted molar refractivity (Wildman–Crippen MR) is 85.6 cm³/mol. The van der Waals surface area contributed by atoms with Crippen molar-refractivity contribution in [2.45, 2.75) is 72.8 Å². The third-order valence-corrected chi connectivity index (χ3v) is 4.71. The molecule has 2 nitrogen and oxygen atoms in total. The van der Waals surface area contributed by atoms with E-state index in [4.69, 9.17) is 0 Å². The lowest BCUT2D eigenvalue weighted by Crippen LogP contribution is -2.48. The molecule has 114 valence electrons. The molecule has 0 radical (unpaired) electrons. The average Bonchev–Trinajstić information content (AvgIpc) is 3.16. The van der Waals surface area contributed by atoms with E-state index < -0.39 is 0 Å². The Kier molecular flexibility index (Phi) is 6.32. The van der Waals surface area contributed by atoms with Crippen molar-refractivity contribution in [3.63, 3.8) is 0 Å². The van der Waals surface area contributed by atoms with Crippen molar-refractivity contribution in [1.29, 1.82) is 0 Å². The van der Waals surface area contributed by atoms with Crippen LogP contribution in [0.5, 0.6) is 0 Å². The minimum atomic E-state index is 0.225. The summed E-state index contributed by atoms with van der Waals surface area (Å²) >= 11 is 0. The molecule has 0 atom stereocenters. The molecule has 0 aromatic rings. The largest absolute Gasteiger partial charge is 0.311 e. The van der Waals surface area contributed by atoms with Gasteiger partial charge in [0.15, 0.2) is 0 Å². The average molecular weight is 268 g/mol. The Bertz CT molecular complexity index is 246. The van der Waals surface area contributed by atoms with Gasteiger partial charge < -0.3 is 10.2 Å². The van der Waals surface area contributed by atoms with Crippen molar-refractivity contribution in [3.8, 4) is 0 Å². The van der Waals surface area contributed by atoms with E-state index >= 15 is 0 Å². The van der Waals surface area contributed by atoms with E-state index in [1.165, 1.54) is 45.3 Å². The fraction of sp³-hybridized carbons (Fsp3) is 1.00. The Morgan fingerprint density at radius 2 is 1.63 bits per heavy atom. The summed E-state index contributed by atoms with van der Waals surface area (Å²) in [6.07, 6.45) is 5.46. The standard InChI is InChI=1S/C17H36N2/c1-7-17(8-2,13-18-16(4,5)6)14-19(9-3)12-15-10-11-15/h15,18H,7-14H2,1-6H3. The molecule has 0 saturated heterocycles. The van der Waals surface area contributed by atoms with Gasteiger partial charge in [-0.1, -0.05) is 20.8 Å². The minimum absolute atomic E-state index is 0.225. The monoisotopic (exact) mass is 268 g/mol. The fourth-order valence-electron chi connectivity index (χ4n) is 2.68. The lowest BCUT2D eigenvalue weighted by molar-refractivity contribution is 0.126. The van der Waals surface area contributed by atoms with Crippen LogP contribution in [0.1, 0.15) is 67.2 Å². The van der Waals surface area contributed by atoms with Gasteiger partial charge in [0.05, 0.1) is 0 Å². The van der Waals surface area contributed by atoms with E-state index in [-0.39, 0.29) is 5.54 Å². The summed E-state index contributed by atoms with van der Waals surface area (Å²) < 4.78 is 0. The zero-order valence-corrected chi connectivity index (χ0v) is 14.2. The maximum absolute atomic E-state index is 3.74. The highest BCUT2D eigenvalue weighted by Crippen LogP contribution is 2.32. The van der Waals surface area contributed by atoms with E-state index in [1.54, 1.807) is 0 Å². The SMILES string of the molecule is CCN(CC1CC1)CC(CC)(CC)CNC(C)(C)C. The first-order chi connectivity index (χ1) is 8.84. The molecule has 2 heteroatoms. The first-order valence-corrected chi connectivity index (χ1v) is 8.31. The van der Waals surface area contributed by atoms with Gasteiger partial charge in [-0.25, -0.2) is 0 Å². The number of nitrogens with one attached hydrogen (secondary N) is 1. The number of rotatable bonds is 9. The zero-order chi connectivity index (χ0) is 14.5. The van der Waals surface area contributed by atoms with E-state index in [1.807, 2.05) is 0 Å². The first-order valence-electron chi connectivity index (χ1n) is 8.31. The highest BCUT2D eigenvalue weighted by Gasteiger charge is 2.32. The van der Waals surface area contributed by atoms with Gasteiger partial charge in [-0.05, 0) is 64.3 Å². The summed E-state index contributed by atoms with van der Waals surface area (Å²) in [4.78, 5) is 2.69. The molecule has 1 aliphatic carbocycles. The van der Waals surface area contributed by atoms with Crippen LogP contribution in [-0.2, 0) is 0 Å². The molecule has 0 aromatic carbocycles. The Labute approximate surface area is 121 Å². The van der Waals surface area contributed by atoms with Gasteiger partial charge >= 0.3 is 0 Å². The summed E-state index contributed by atoms with van der Waals surface area (Å²) in [5.41, 5.74) is 0.668. The van der Waals surface area contributed by atoms with Crippen LogP contribution < -0.4 is 5.32 Å². The first kappa shape index (κ1) is 17.0. The normalized spacial score (nSPS) is 17.2. The van der Waals surface area contributed by atoms with Gasteiger partial charge in [0.1, 0.15) is 0 Å². The van der Waals surface area contributed by atoms with Crippen LogP contribution >= 0.6 is 0 Å². The maximum Gasteiger partial charge on any atom is 0.00967 e. The molecule has 1 aliphatic rings. The molecule has 0 aliphatic heterocycles. The van der Waals surface area contributed by atoms with Crippen molar-refractivity contribution in [3.05, 3.63) is 0 Å². The van der Waals surface area contributed by atoms with Crippen LogP contribution in [-0.4, -0.2) is 36.6 Å². The topological polar surface area (TPSA) is 15.3 Å². The molecular weight excluding hydrogens is 232 g/mol. The molecular formula is C17H36N2. The van der Waals surface area contributed by atoms with Crippen molar-refractivity contribution in [2.75, 3.05) is 26.2 Å². The molecule has 0 unspecified atom stereocenters. The lowest BCUT2D eigenvalue weighted by atomic mass is 9.81. The number of nitrogens with zero attached hydrogens (tertiary/aromatic N) is 1. The van der Waals surface area contributed by atoms with Crippen LogP contribution in [0.25, 0.3) is 0 Å². The summed E-state index contributed by atoms with van der Waals surface area (Å²) in [5.74, 6) is 1.00. The second-order valence-corrected chi connectivity index (χ2v) is 7.58. The van der Waals surface area contributed by atoms with E-state index in [2.05, 4.69) is 51.8 Å². The molecule has 0 bridgehead atoms. The zero-order valence-electron chi connectivity index (χ0n) is 14.2. The van der Waals surface area contributed by atoms with Crippen molar-refractivity contribution in [2.24, 2.45) is 11.3 Å². The smallest absolute Gasteiger partial charge is 0.00967 e. The van der Waals surface area contributed by atoms with Crippen molar-refractivity contribution >= 4 is 0 Å². The van der Waals surface area contributed by atoms with Crippen LogP contribution in [0.15, 0.2) is 0 Å². The summed E-state index contributed by atoms with van der Waals surface area (Å²) in [6.45, 7) is 18.8. The molecule has 1 rings (SSSR count). The Hall–Kier alpha value is -0.0800. The van der Waals surface area contributed by atoms with Gasteiger partial charge in [-0.3, -0.25) is 0 Å². The van der Waals surface area contributed by atoms with Crippen LogP contribution in [0.2, 0.25) is 0 Å². The van der Waals surface area contributed by atoms with Gasteiger partial charge in [-0.15, -0.1) is 0 Å². The predicted octanol–water partition coefficient (Wildman–Crippen LogP) is 3.91. The summed E-state index contributed by atoms with van der Waals surface area (Å²) in [7, 11) is 0. The molecule has 0 aromatic heterocycles. The van der Waals surface area contributed by atoms with Crippen LogP contribution in [0.3, 0.4) is 0 Å². The maximum atomic E-state index is 3.74. The number of hydrogen-bond donors (Lipinski definition) is 1. The summed E-state index contributed by atoms with van der Waals surface area (Å²) in [6, 6.07) is 0. The van der Waals surface area contributed by atoms with Crippen molar-refractivity contribution in [1.82, 2.24) is 10.2 Å². The van der Waals surface area contributed by atoms with Gasteiger partial charge in [0, 0.05) is 25.2 Å². The quantitative estimate of drug-likeness (QED) is 0.682. The van der Waals surface area contributed by atoms with E-state index in [9.17, 15) is 0 Å². The second-order valence-electron chi connectivity index (χ2n) is 7.58. The fourth-order valence-corrected chi connectivity index (χ4v) is 2.68. The Balaban J connectivity index is 2.56. The Morgan fingerprint density at radius 3 is 2.00 bits per heavy atom. The third-order valence-electron chi connectivity index (χ3n) is 4.71. The van der Waals surface area contributed by atoms with E-state index in [0.29, 0.717) is 5.41 Å². The minimum Gasteiger partial charge on any atom is -0.311 e. The molecule has 19 heavy (non-hydrogen) atoms. The molecule has 1 saturated carbocycles. The van der Waals surface area contributed by atoms with E-state index in [0.717, 1.165) is 12.5 Å². The molecule has 0 heterocycles. The summed E-state index contributed by atoms with van der Waals surface area (Å²) in [5, 5.41) is 3.74. The van der Waals surface area contributed by atoms with Gasteiger partial charge in [0.25, 0.3) is 0 Å². The Morgan fingerprint density at radius 1 is 1.05 bits per heavy atom. The highest BCUT2D eigenvalue weighted by molar-refractivity contribution is 4.87. The van der Waals surface area contributed by atoms with Gasteiger partial charge in [0.2, 0.25) is 0 Å². The third kappa shape index (κ3) is 6.27. The molecule has 0 spiro atoms. The number of hydrogen-bond acceptors (Lipinski definition) is 2. The molecule has 0 amide bonds. The molecule has 1 N–H and O–H groups in total.